The summed E-state index contributed by atoms with van der Waals surface area (Å²) in [6, 6.07) is 6.34. The zero-order chi connectivity index (χ0) is 20.6. The van der Waals surface area contributed by atoms with E-state index in [1.165, 1.54) is 0 Å². The van der Waals surface area contributed by atoms with Gasteiger partial charge in [0.15, 0.2) is 6.61 Å². The minimum absolute atomic E-state index is 0.0412. The lowest BCUT2D eigenvalue weighted by Gasteiger charge is -2.29. The first kappa shape index (κ1) is 19.8. The fourth-order valence-corrected chi connectivity index (χ4v) is 5.49. The number of nitrogens with zero attached hydrogens (tertiary/aromatic N) is 2. The van der Waals surface area contributed by atoms with Crippen LogP contribution >= 0.6 is 11.8 Å². The minimum atomic E-state index is -0.634. The summed E-state index contributed by atoms with van der Waals surface area (Å²) in [5, 5.41) is 2.67. The van der Waals surface area contributed by atoms with E-state index in [4.69, 9.17) is 4.74 Å². The number of thioether (sulfide) groups is 1. The number of hydrogen-bond acceptors (Lipinski definition) is 6. The van der Waals surface area contributed by atoms with Crippen molar-refractivity contribution in [2.24, 2.45) is 0 Å². The van der Waals surface area contributed by atoms with Crippen LogP contribution in [0, 0.1) is 0 Å². The lowest BCUT2D eigenvalue weighted by Crippen LogP contribution is -2.47. The molecule has 29 heavy (non-hydrogen) atoms. The van der Waals surface area contributed by atoms with Crippen LogP contribution in [-0.2, 0) is 23.9 Å². The van der Waals surface area contributed by atoms with E-state index in [2.05, 4.69) is 5.32 Å². The Kier molecular flexibility index (Phi) is 5.24. The van der Waals surface area contributed by atoms with Crippen molar-refractivity contribution in [1.29, 1.82) is 0 Å². The summed E-state index contributed by atoms with van der Waals surface area (Å²) < 4.78 is 5.17. The maximum absolute atomic E-state index is 12.4. The number of carbonyl (C=O) groups excluding carboxylic acids is 4. The van der Waals surface area contributed by atoms with Crippen molar-refractivity contribution in [2.75, 3.05) is 29.1 Å². The lowest BCUT2D eigenvalue weighted by molar-refractivity contribution is -0.155. The number of esters is 1. The third-order valence-corrected chi connectivity index (χ3v) is 7.10. The van der Waals surface area contributed by atoms with Crippen molar-refractivity contribution in [2.45, 2.75) is 43.5 Å². The number of benzene rings is 1. The third kappa shape index (κ3) is 3.83. The SMILES string of the molecule is C[C@@]12CCC(=O)N1[C@H](C(=O)OCC(=O)Nc1ccc(N3CCCC3=O)cc1)CS2. The van der Waals surface area contributed by atoms with Crippen LogP contribution in [0.25, 0.3) is 0 Å². The van der Waals surface area contributed by atoms with E-state index in [1.807, 2.05) is 6.92 Å². The molecule has 4 rings (SSSR count). The molecule has 3 saturated heterocycles. The molecule has 0 bridgehead atoms. The normalized spacial score (nSPS) is 26.0. The number of carbonyl (C=O) groups is 4. The second-order valence-corrected chi connectivity index (χ2v) is 9.12. The van der Waals surface area contributed by atoms with Crippen LogP contribution in [0.4, 0.5) is 11.4 Å². The molecule has 3 aliphatic heterocycles. The van der Waals surface area contributed by atoms with Gasteiger partial charge in [-0.15, -0.1) is 11.8 Å². The topological polar surface area (TPSA) is 96.0 Å². The zero-order valence-electron chi connectivity index (χ0n) is 16.2. The van der Waals surface area contributed by atoms with Crippen LogP contribution in [0.15, 0.2) is 24.3 Å². The van der Waals surface area contributed by atoms with Crippen LogP contribution in [0.3, 0.4) is 0 Å². The quantitative estimate of drug-likeness (QED) is 0.734. The predicted octanol–water partition coefficient (Wildman–Crippen LogP) is 1.75. The van der Waals surface area contributed by atoms with Crippen molar-refractivity contribution in [3.05, 3.63) is 24.3 Å². The smallest absolute Gasteiger partial charge is 0.330 e. The Morgan fingerprint density at radius 3 is 2.66 bits per heavy atom. The van der Waals surface area contributed by atoms with Crippen LogP contribution in [0.1, 0.15) is 32.6 Å². The molecule has 0 unspecified atom stereocenters. The number of ether oxygens (including phenoxy) is 1. The van der Waals surface area contributed by atoms with Gasteiger partial charge in [0, 0.05) is 36.5 Å². The van der Waals surface area contributed by atoms with Crippen molar-refractivity contribution in [3.63, 3.8) is 0 Å². The number of rotatable bonds is 5. The van der Waals surface area contributed by atoms with Crippen molar-refractivity contribution >= 4 is 46.8 Å². The van der Waals surface area contributed by atoms with E-state index in [1.54, 1.807) is 45.8 Å². The second kappa shape index (κ2) is 7.70. The summed E-state index contributed by atoms with van der Waals surface area (Å²) in [7, 11) is 0. The van der Waals surface area contributed by atoms with Gasteiger partial charge in [-0.25, -0.2) is 4.79 Å². The molecular weight excluding hydrogens is 394 g/mol. The Bertz CT molecular complexity index is 858. The van der Waals surface area contributed by atoms with Gasteiger partial charge < -0.3 is 19.9 Å². The van der Waals surface area contributed by atoms with Gasteiger partial charge in [-0.1, -0.05) is 0 Å². The minimum Gasteiger partial charge on any atom is -0.454 e. The molecule has 0 spiro atoms. The van der Waals surface area contributed by atoms with Gasteiger partial charge >= 0.3 is 5.97 Å². The lowest BCUT2D eigenvalue weighted by atomic mass is 10.2. The van der Waals surface area contributed by atoms with Gasteiger partial charge in [-0.2, -0.15) is 0 Å². The summed E-state index contributed by atoms with van der Waals surface area (Å²) in [6.07, 6.45) is 2.57. The Morgan fingerprint density at radius 2 is 1.97 bits per heavy atom. The van der Waals surface area contributed by atoms with Crippen molar-refractivity contribution in [3.8, 4) is 0 Å². The largest absolute Gasteiger partial charge is 0.454 e. The Labute approximate surface area is 172 Å². The molecule has 3 fully saturated rings. The van der Waals surface area contributed by atoms with Gasteiger partial charge in [0.25, 0.3) is 5.91 Å². The van der Waals surface area contributed by atoms with Gasteiger partial charge in [0.2, 0.25) is 11.8 Å². The number of hydrogen-bond donors (Lipinski definition) is 1. The first-order chi connectivity index (χ1) is 13.9. The molecule has 1 aromatic carbocycles. The summed E-state index contributed by atoms with van der Waals surface area (Å²) >= 11 is 1.58. The summed E-state index contributed by atoms with van der Waals surface area (Å²) in [5.74, 6) is -0.454. The second-order valence-electron chi connectivity index (χ2n) is 7.62. The van der Waals surface area contributed by atoms with Gasteiger partial charge in [-0.05, 0) is 44.0 Å². The maximum Gasteiger partial charge on any atom is 0.330 e. The number of nitrogens with one attached hydrogen (secondary N) is 1. The van der Waals surface area contributed by atoms with E-state index in [-0.39, 0.29) is 16.7 Å². The predicted molar refractivity (Wildman–Crippen MR) is 108 cm³/mol. The molecule has 154 valence electrons. The molecule has 1 N–H and O–H groups in total. The fourth-order valence-electron chi connectivity index (χ4n) is 4.07. The molecule has 3 aliphatic rings. The number of anilines is 2. The molecule has 0 aliphatic carbocycles. The van der Waals surface area contributed by atoms with Gasteiger partial charge in [-0.3, -0.25) is 14.4 Å². The average Bonchev–Trinajstić information content (AvgIpc) is 3.36. The molecule has 0 aromatic heterocycles. The van der Waals surface area contributed by atoms with Crippen LogP contribution in [0.2, 0.25) is 0 Å². The average molecular weight is 417 g/mol. The molecule has 0 saturated carbocycles. The Morgan fingerprint density at radius 1 is 1.21 bits per heavy atom. The van der Waals surface area contributed by atoms with Gasteiger partial charge in [0.1, 0.15) is 6.04 Å². The molecule has 3 amide bonds. The highest BCUT2D eigenvalue weighted by Gasteiger charge is 2.53. The van der Waals surface area contributed by atoms with Crippen LogP contribution in [0.5, 0.6) is 0 Å². The highest BCUT2D eigenvalue weighted by Crippen LogP contribution is 2.47. The first-order valence-corrected chi connectivity index (χ1v) is 10.7. The highest BCUT2D eigenvalue weighted by atomic mass is 32.2. The Balaban J connectivity index is 1.28. The van der Waals surface area contributed by atoms with E-state index in [0.717, 1.165) is 18.5 Å². The third-order valence-electron chi connectivity index (χ3n) is 5.60. The van der Waals surface area contributed by atoms with Crippen LogP contribution < -0.4 is 10.2 Å². The first-order valence-electron chi connectivity index (χ1n) is 9.70. The molecule has 0 radical (unpaired) electrons. The zero-order valence-corrected chi connectivity index (χ0v) is 17.0. The molecule has 2 atom stereocenters. The summed E-state index contributed by atoms with van der Waals surface area (Å²) in [6.45, 7) is 2.26. The maximum atomic E-state index is 12.4. The molecule has 8 nitrogen and oxygen atoms in total. The van der Waals surface area contributed by atoms with E-state index in [0.29, 0.717) is 30.8 Å². The summed E-state index contributed by atoms with van der Waals surface area (Å²) in [5.41, 5.74) is 1.36. The van der Waals surface area contributed by atoms with E-state index < -0.39 is 24.5 Å². The fraction of sp³-hybridized carbons (Fsp3) is 0.500. The monoisotopic (exact) mass is 417 g/mol. The van der Waals surface area contributed by atoms with E-state index >= 15 is 0 Å². The molecule has 1 aromatic rings. The highest BCUT2D eigenvalue weighted by molar-refractivity contribution is 8.01. The number of amides is 3. The standard InChI is InChI=1S/C20H23N3O5S/c1-20-9-8-18(26)23(20)15(12-29-20)19(27)28-11-16(24)21-13-4-6-14(7-5-13)22-10-2-3-17(22)25/h4-7,15H,2-3,8-12H2,1H3,(H,21,24)/t15-,20+/m0/s1. The summed E-state index contributed by atoms with van der Waals surface area (Å²) in [4.78, 5) is 51.4. The van der Waals surface area contributed by atoms with Crippen LogP contribution in [-0.4, -0.2) is 58.4 Å². The molecule has 3 heterocycles. The molecule has 9 heteroatoms. The number of fused-ring (bicyclic) bond motifs is 1. The Hall–Kier alpha value is -2.55. The molecular formula is C20H23N3O5S. The van der Waals surface area contributed by atoms with Gasteiger partial charge in [0.05, 0.1) is 4.87 Å². The van der Waals surface area contributed by atoms with Crippen molar-refractivity contribution in [1.82, 2.24) is 4.90 Å². The van der Waals surface area contributed by atoms with E-state index in [9.17, 15) is 19.2 Å². The van der Waals surface area contributed by atoms with Crippen molar-refractivity contribution < 1.29 is 23.9 Å².